The number of halogens is 1. The number of allylic oxidation sites excluding steroid dienone is 1. The van der Waals surface area contributed by atoms with E-state index in [0.29, 0.717) is 21.7 Å². The first kappa shape index (κ1) is 22.9. The molecule has 1 aromatic heterocycles. The fraction of sp³-hybridized carbons (Fsp3) is 0.360. The molecule has 0 unspecified atom stereocenters. The van der Waals surface area contributed by atoms with Gasteiger partial charge in [0.25, 0.3) is 5.56 Å². The summed E-state index contributed by atoms with van der Waals surface area (Å²) in [4.78, 5) is 19.3. The number of aromatic nitrogens is 2. The number of hydrogen-bond acceptors (Lipinski definition) is 5. The fourth-order valence-corrected chi connectivity index (χ4v) is 5.03. The van der Waals surface area contributed by atoms with Gasteiger partial charge in [-0.15, -0.1) is 11.8 Å². The second kappa shape index (κ2) is 9.30. The van der Waals surface area contributed by atoms with Crippen molar-refractivity contribution < 1.29 is 5.11 Å². The van der Waals surface area contributed by atoms with Crippen molar-refractivity contribution in [3.8, 4) is 0 Å². The summed E-state index contributed by atoms with van der Waals surface area (Å²) in [5, 5.41) is 12.4. The second-order valence-corrected chi connectivity index (χ2v) is 10.9. The molecule has 0 saturated heterocycles. The van der Waals surface area contributed by atoms with Gasteiger partial charge in [-0.3, -0.25) is 4.79 Å². The Bertz CT molecular complexity index is 1180. The zero-order chi connectivity index (χ0) is 22.9. The van der Waals surface area contributed by atoms with Crippen LogP contribution in [0.15, 0.2) is 70.4 Å². The highest BCUT2D eigenvalue weighted by molar-refractivity contribution is 8.00. The number of para-hydroxylation sites is 1. The van der Waals surface area contributed by atoms with Gasteiger partial charge in [-0.25, -0.2) is 9.66 Å². The van der Waals surface area contributed by atoms with E-state index in [1.54, 1.807) is 17.8 Å². The van der Waals surface area contributed by atoms with Crippen molar-refractivity contribution >= 4 is 34.3 Å². The second-order valence-electron chi connectivity index (χ2n) is 9.17. The lowest BCUT2D eigenvalue weighted by atomic mass is 9.88. The predicted molar refractivity (Wildman–Crippen MR) is 133 cm³/mol. The number of rotatable bonds is 5. The standard InChI is InChI=1S/C25H28ClN3O2S/c1-25(2,3)22(30)23-27-19-9-5-4-8-18(19)24(31)29(23)28-20-10-6-7-11-21(20)32-17-14-12-16(26)13-15-17/h4-5,7-9,11-15,20-22,28,30H,6,10H2,1-3H3/t20-,21-,22-/m1/s1. The summed E-state index contributed by atoms with van der Waals surface area (Å²) in [5.41, 5.74) is 3.34. The number of nitrogens with one attached hydrogen (secondary N) is 1. The highest BCUT2D eigenvalue weighted by Gasteiger charge is 2.31. The Kier molecular flexibility index (Phi) is 6.65. The van der Waals surface area contributed by atoms with Gasteiger partial charge in [0.15, 0.2) is 5.82 Å². The summed E-state index contributed by atoms with van der Waals surface area (Å²) in [6.45, 7) is 5.81. The van der Waals surface area contributed by atoms with Crippen molar-refractivity contribution in [1.29, 1.82) is 0 Å². The van der Waals surface area contributed by atoms with Gasteiger partial charge >= 0.3 is 0 Å². The highest BCUT2D eigenvalue weighted by Crippen LogP contribution is 2.34. The molecule has 3 atom stereocenters. The first-order chi connectivity index (χ1) is 15.2. The molecule has 4 rings (SSSR count). The molecule has 1 heterocycles. The van der Waals surface area contributed by atoms with Gasteiger partial charge in [0.2, 0.25) is 0 Å². The zero-order valence-electron chi connectivity index (χ0n) is 18.5. The molecule has 0 fully saturated rings. The molecule has 3 aromatic rings. The average molecular weight is 470 g/mol. The Labute approximate surface area is 197 Å². The maximum absolute atomic E-state index is 13.5. The SMILES string of the molecule is CC(C)(C)[C@H](O)c1nc2ccccc2c(=O)n1N[C@@H]1CCC=C[C@H]1Sc1ccc(Cl)cc1. The Morgan fingerprint density at radius 3 is 2.62 bits per heavy atom. The van der Waals surface area contributed by atoms with Crippen molar-refractivity contribution in [3.63, 3.8) is 0 Å². The number of thioether (sulfide) groups is 1. The van der Waals surface area contributed by atoms with Crippen LogP contribution in [0.5, 0.6) is 0 Å². The number of aliphatic hydroxyl groups excluding tert-OH is 1. The minimum atomic E-state index is -0.909. The van der Waals surface area contributed by atoms with E-state index in [9.17, 15) is 9.90 Å². The fourth-order valence-electron chi connectivity index (χ4n) is 3.75. The average Bonchev–Trinajstić information content (AvgIpc) is 2.77. The molecular formula is C25H28ClN3O2S. The molecule has 5 nitrogen and oxygen atoms in total. The normalized spacial score (nSPS) is 19.8. The summed E-state index contributed by atoms with van der Waals surface area (Å²) in [6.07, 6.45) is 5.24. The molecule has 2 N–H and O–H groups in total. The van der Waals surface area contributed by atoms with Crippen molar-refractivity contribution in [2.75, 3.05) is 5.43 Å². The molecular weight excluding hydrogens is 442 g/mol. The number of aliphatic hydroxyl groups is 1. The van der Waals surface area contributed by atoms with Crippen LogP contribution in [0.1, 0.15) is 45.5 Å². The van der Waals surface area contributed by atoms with Gasteiger partial charge in [0.1, 0.15) is 6.10 Å². The quantitative estimate of drug-likeness (QED) is 0.479. The van der Waals surface area contributed by atoms with Crippen molar-refractivity contribution in [2.45, 2.75) is 55.9 Å². The van der Waals surface area contributed by atoms with Crippen LogP contribution in [0.3, 0.4) is 0 Å². The van der Waals surface area contributed by atoms with E-state index >= 15 is 0 Å². The summed E-state index contributed by atoms with van der Waals surface area (Å²) in [7, 11) is 0. The molecule has 0 amide bonds. The maximum Gasteiger partial charge on any atom is 0.280 e. The van der Waals surface area contributed by atoms with E-state index in [1.165, 1.54) is 4.68 Å². The molecule has 2 aromatic carbocycles. The molecule has 0 radical (unpaired) electrons. The first-order valence-electron chi connectivity index (χ1n) is 10.8. The number of hydrogen-bond donors (Lipinski definition) is 2. The summed E-state index contributed by atoms with van der Waals surface area (Å²) >= 11 is 7.76. The minimum absolute atomic E-state index is 0.00717. The van der Waals surface area contributed by atoms with Crippen molar-refractivity contribution in [2.24, 2.45) is 5.41 Å². The molecule has 0 spiro atoms. The number of fused-ring (bicyclic) bond motifs is 1. The topological polar surface area (TPSA) is 67.2 Å². The predicted octanol–water partition coefficient (Wildman–Crippen LogP) is 5.55. The highest BCUT2D eigenvalue weighted by atomic mass is 35.5. The molecule has 0 bridgehead atoms. The lowest BCUT2D eigenvalue weighted by Gasteiger charge is -2.33. The monoisotopic (exact) mass is 469 g/mol. The van der Waals surface area contributed by atoms with Gasteiger partial charge < -0.3 is 10.5 Å². The number of nitrogens with zero attached hydrogens (tertiary/aromatic N) is 2. The summed E-state index contributed by atoms with van der Waals surface area (Å²) in [5.74, 6) is 0.339. The molecule has 0 saturated carbocycles. The van der Waals surface area contributed by atoms with Crippen LogP contribution in [0.2, 0.25) is 5.02 Å². The third-order valence-electron chi connectivity index (χ3n) is 5.61. The molecule has 32 heavy (non-hydrogen) atoms. The maximum atomic E-state index is 13.5. The van der Waals surface area contributed by atoms with Crippen LogP contribution in [-0.2, 0) is 0 Å². The summed E-state index contributed by atoms with van der Waals surface area (Å²) in [6, 6.07) is 15.0. The molecule has 168 valence electrons. The van der Waals surface area contributed by atoms with E-state index in [1.807, 2.05) is 63.2 Å². The number of benzene rings is 2. The lowest BCUT2D eigenvalue weighted by Crippen LogP contribution is -2.44. The minimum Gasteiger partial charge on any atom is -0.385 e. The molecule has 0 aliphatic heterocycles. The lowest BCUT2D eigenvalue weighted by molar-refractivity contribution is 0.0516. The smallest absolute Gasteiger partial charge is 0.280 e. The first-order valence-corrected chi connectivity index (χ1v) is 12.0. The van der Waals surface area contributed by atoms with Crippen LogP contribution in [-0.4, -0.2) is 26.1 Å². The van der Waals surface area contributed by atoms with Crippen LogP contribution in [0, 0.1) is 5.41 Å². The Hall–Kier alpha value is -2.28. The van der Waals surface area contributed by atoms with Gasteiger partial charge in [-0.2, -0.15) is 0 Å². The zero-order valence-corrected chi connectivity index (χ0v) is 20.0. The van der Waals surface area contributed by atoms with Crippen molar-refractivity contribution in [3.05, 3.63) is 81.9 Å². The van der Waals surface area contributed by atoms with E-state index in [2.05, 4.69) is 17.6 Å². The molecule has 7 heteroatoms. The van der Waals surface area contributed by atoms with Gasteiger partial charge in [-0.1, -0.05) is 56.7 Å². The van der Waals surface area contributed by atoms with Gasteiger partial charge in [-0.05, 0) is 54.7 Å². The van der Waals surface area contributed by atoms with Crippen LogP contribution in [0.4, 0.5) is 0 Å². The van der Waals surface area contributed by atoms with Gasteiger partial charge in [0, 0.05) is 15.2 Å². The van der Waals surface area contributed by atoms with Gasteiger partial charge in [0.05, 0.1) is 16.9 Å². The van der Waals surface area contributed by atoms with Crippen LogP contribution < -0.4 is 11.0 Å². The van der Waals surface area contributed by atoms with Crippen LogP contribution >= 0.6 is 23.4 Å². The van der Waals surface area contributed by atoms with E-state index in [0.717, 1.165) is 17.7 Å². The molecule has 1 aliphatic rings. The third kappa shape index (κ3) is 4.87. The van der Waals surface area contributed by atoms with E-state index in [4.69, 9.17) is 16.6 Å². The van der Waals surface area contributed by atoms with Crippen LogP contribution in [0.25, 0.3) is 10.9 Å². The Morgan fingerprint density at radius 2 is 1.91 bits per heavy atom. The summed E-state index contributed by atoms with van der Waals surface area (Å²) < 4.78 is 1.47. The largest absolute Gasteiger partial charge is 0.385 e. The third-order valence-corrected chi connectivity index (χ3v) is 7.17. The molecule has 1 aliphatic carbocycles. The Morgan fingerprint density at radius 1 is 1.19 bits per heavy atom. The Balaban J connectivity index is 1.73. The van der Waals surface area contributed by atoms with E-state index in [-0.39, 0.29) is 16.9 Å². The van der Waals surface area contributed by atoms with E-state index < -0.39 is 11.5 Å². The van der Waals surface area contributed by atoms with Crippen molar-refractivity contribution in [1.82, 2.24) is 9.66 Å².